The number of thiazole rings is 1. The van der Waals surface area contributed by atoms with E-state index in [-0.39, 0.29) is 16.0 Å². The molecule has 2 heterocycles. The molecular weight excluding hydrogens is 221 g/mol. The van der Waals surface area contributed by atoms with Crippen molar-refractivity contribution in [2.45, 2.75) is 52.1 Å². The summed E-state index contributed by atoms with van der Waals surface area (Å²) >= 11 is 0.696. The van der Waals surface area contributed by atoms with Gasteiger partial charge in [0.1, 0.15) is 0 Å². The maximum atomic E-state index is 7.95. The van der Waals surface area contributed by atoms with Crippen LogP contribution in [0.15, 0.2) is 5.36 Å². The van der Waals surface area contributed by atoms with Crippen molar-refractivity contribution in [3.63, 3.8) is 0 Å². The van der Waals surface area contributed by atoms with Gasteiger partial charge < -0.3 is 9.31 Å². The molecule has 16 heavy (non-hydrogen) atoms. The molecule has 1 aromatic heterocycles. The number of aromatic nitrogens is 1. The van der Waals surface area contributed by atoms with Crippen LogP contribution < -0.4 is 5.59 Å². The maximum Gasteiger partial charge on any atom is 0.515 e. The number of hydrogen-bond donors (Lipinski definition) is 0. The Morgan fingerprint density at radius 2 is 2.12 bits per heavy atom. The lowest BCUT2D eigenvalue weighted by Gasteiger charge is -2.32. The summed E-state index contributed by atoms with van der Waals surface area (Å²) in [6.07, 6.45) is -2.62. The molecule has 0 radical (unpaired) electrons. The minimum Gasteiger partial charge on any atom is -0.398 e. The van der Waals surface area contributed by atoms with Gasteiger partial charge in [0.25, 0.3) is 0 Å². The van der Waals surface area contributed by atoms with Gasteiger partial charge in [-0.2, -0.15) is 0 Å². The van der Waals surface area contributed by atoms with E-state index in [1.807, 2.05) is 27.7 Å². The highest BCUT2D eigenvalue weighted by atomic mass is 32.1. The van der Waals surface area contributed by atoms with Gasteiger partial charge in [0.05, 0.1) is 23.2 Å². The molecule has 1 aliphatic rings. The van der Waals surface area contributed by atoms with Gasteiger partial charge in [0, 0.05) is 12.2 Å². The van der Waals surface area contributed by atoms with E-state index >= 15 is 0 Å². The first-order chi connectivity index (χ1) is 9.69. The predicted octanol–water partition coefficient (Wildman–Crippen LogP) is 2.00. The lowest BCUT2D eigenvalue weighted by atomic mass is 9.86. The van der Waals surface area contributed by atoms with Gasteiger partial charge in [-0.25, -0.2) is 0 Å². The standard InChI is InChI=1S/C11H18BNO2S/c1-6-9-13-8(7-16-9)12-14-10(2,3)11(4,5)15-12/h7H,6H2,1-5H3/i1D3,6D2,7D. The molecule has 0 aliphatic carbocycles. The Balaban J connectivity index is 2.37. The number of nitrogens with zero attached hydrogens (tertiary/aromatic N) is 1. The van der Waals surface area contributed by atoms with Crippen LogP contribution in [-0.2, 0) is 15.7 Å². The minimum atomic E-state index is -2.86. The molecule has 0 N–H and O–H groups in total. The summed E-state index contributed by atoms with van der Waals surface area (Å²) in [6, 6.07) is 0. The third kappa shape index (κ3) is 1.92. The molecule has 0 unspecified atom stereocenters. The van der Waals surface area contributed by atoms with Crippen LogP contribution in [0, 0.1) is 0 Å². The zero-order valence-electron chi connectivity index (χ0n) is 15.7. The fraction of sp³-hybridized carbons (Fsp3) is 0.727. The highest BCUT2D eigenvalue weighted by molar-refractivity contribution is 7.10. The third-order valence-corrected chi connectivity index (χ3v) is 3.76. The van der Waals surface area contributed by atoms with Crippen molar-refractivity contribution in [1.82, 2.24) is 4.98 Å². The van der Waals surface area contributed by atoms with Gasteiger partial charge in [-0.15, -0.1) is 11.3 Å². The molecule has 1 fully saturated rings. The summed E-state index contributed by atoms with van der Waals surface area (Å²) in [6.45, 7) is 4.55. The first-order valence-electron chi connectivity index (χ1n) is 8.02. The van der Waals surface area contributed by atoms with Crippen molar-refractivity contribution in [2.75, 3.05) is 0 Å². The fourth-order valence-corrected chi connectivity index (χ4v) is 1.90. The van der Waals surface area contributed by atoms with E-state index in [1.54, 1.807) is 0 Å². The van der Waals surface area contributed by atoms with Gasteiger partial charge in [0.2, 0.25) is 0 Å². The maximum absolute atomic E-state index is 7.95. The van der Waals surface area contributed by atoms with Crippen molar-refractivity contribution in [1.29, 1.82) is 0 Å². The Hall–Kier alpha value is -0.385. The lowest BCUT2D eigenvalue weighted by Crippen LogP contribution is -2.41. The molecule has 0 bridgehead atoms. The van der Waals surface area contributed by atoms with E-state index < -0.39 is 31.5 Å². The number of aryl methyl sites for hydroxylation is 1. The highest BCUT2D eigenvalue weighted by Gasteiger charge is 2.52. The summed E-state index contributed by atoms with van der Waals surface area (Å²) in [4.78, 5) is 4.01. The topological polar surface area (TPSA) is 31.4 Å². The van der Waals surface area contributed by atoms with Gasteiger partial charge in [-0.05, 0) is 34.1 Å². The SMILES string of the molecule is [2H]c1sc(C([2H])([2H])C([2H])([2H])[2H])nc1B1OC(C)(C)C(C)(C)O1. The number of rotatable bonds is 2. The van der Waals surface area contributed by atoms with Crippen LogP contribution >= 0.6 is 11.3 Å². The molecule has 3 nitrogen and oxygen atoms in total. The van der Waals surface area contributed by atoms with Crippen molar-refractivity contribution in [3.05, 3.63) is 10.4 Å². The zero-order chi connectivity index (χ0) is 17.1. The minimum absolute atomic E-state index is 0.0541. The van der Waals surface area contributed by atoms with E-state index in [2.05, 4.69) is 4.98 Å². The summed E-state index contributed by atoms with van der Waals surface area (Å²) in [5.41, 5.74) is -1.11. The smallest absolute Gasteiger partial charge is 0.398 e. The van der Waals surface area contributed by atoms with Crippen LogP contribution in [0.3, 0.4) is 0 Å². The first kappa shape index (κ1) is 6.52. The zero-order valence-corrected chi connectivity index (χ0v) is 10.6. The van der Waals surface area contributed by atoms with Crippen LogP contribution in [0.2, 0.25) is 0 Å². The quantitative estimate of drug-likeness (QED) is 0.747. The molecule has 1 aliphatic heterocycles. The predicted molar refractivity (Wildman–Crippen MR) is 67.2 cm³/mol. The van der Waals surface area contributed by atoms with Crippen molar-refractivity contribution < 1.29 is 17.5 Å². The molecule has 0 amide bonds. The molecule has 2 rings (SSSR count). The summed E-state index contributed by atoms with van der Waals surface area (Å²) in [5.74, 6) is 0. The Morgan fingerprint density at radius 3 is 2.69 bits per heavy atom. The first-order valence-corrected chi connectivity index (χ1v) is 5.84. The lowest BCUT2D eigenvalue weighted by molar-refractivity contribution is 0.00578. The summed E-state index contributed by atoms with van der Waals surface area (Å²) < 4.78 is 56.9. The van der Waals surface area contributed by atoms with E-state index in [1.165, 1.54) is 0 Å². The number of hydrogen-bond acceptors (Lipinski definition) is 4. The van der Waals surface area contributed by atoms with Gasteiger partial charge in [0.15, 0.2) is 0 Å². The molecule has 88 valence electrons. The molecule has 0 spiro atoms. The van der Waals surface area contributed by atoms with Gasteiger partial charge in [-0.3, -0.25) is 4.98 Å². The van der Waals surface area contributed by atoms with Crippen molar-refractivity contribution in [3.8, 4) is 0 Å². The van der Waals surface area contributed by atoms with Gasteiger partial charge in [-0.1, -0.05) is 6.85 Å². The third-order valence-electron chi connectivity index (χ3n) is 3.06. The van der Waals surface area contributed by atoms with Crippen LogP contribution in [0.4, 0.5) is 0 Å². The van der Waals surface area contributed by atoms with E-state index in [0.29, 0.717) is 11.3 Å². The Morgan fingerprint density at radius 1 is 1.50 bits per heavy atom. The molecule has 0 aromatic carbocycles. The second kappa shape index (κ2) is 3.82. The van der Waals surface area contributed by atoms with E-state index in [0.717, 1.165) is 0 Å². The average Bonchev–Trinajstić information content (AvgIpc) is 2.76. The molecular formula is C11H18BNO2S. The Kier molecular flexibility index (Phi) is 1.56. The second-order valence-corrected chi connectivity index (χ2v) is 5.51. The van der Waals surface area contributed by atoms with E-state index in [4.69, 9.17) is 17.5 Å². The summed E-state index contributed by atoms with van der Waals surface area (Å²) in [7, 11) is -0.907. The fourth-order valence-electron chi connectivity index (χ4n) is 1.36. The van der Waals surface area contributed by atoms with Crippen LogP contribution in [0.25, 0.3) is 0 Å². The second-order valence-electron chi connectivity index (χ2n) is 4.72. The highest BCUT2D eigenvalue weighted by Crippen LogP contribution is 2.36. The largest absolute Gasteiger partial charge is 0.515 e. The molecule has 0 saturated carbocycles. The van der Waals surface area contributed by atoms with Crippen molar-refractivity contribution >= 4 is 24.0 Å². The Bertz CT molecular complexity index is 570. The molecule has 5 heteroatoms. The van der Waals surface area contributed by atoms with E-state index in [9.17, 15) is 0 Å². The van der Waals surface area contributed by atoms with Crippen molar-refractivity contribution in [2.24, 2.45) is 0 Å². The Labute approximate surface area is 110 Å². The monoisotopic (exact) mass is 245 g/mol. The van der Waals surface area contributed by atoms with Crippen LogP contribution in [-0.4, -0.2) is 23.3 Å². The molecule has 0 atom stereocenters. The average molecular weight is 245 g/mol. The van der Waals surface area contributed by atoms with Gasteiger partial charge >= 0.3 is 7.12 Å². The molecule has 1 saturated heterocycles. The normalized spacial score (nSPS) is 29.9. The molecule has 1 aromatic rings. The van der Waals surface area contributed by atoms with Crippen LogP contribution in [0.5, 0.6) is 0 Å². The summed E-state index contributed by atoms with van der Waals surface area (Å²) in [5, 5.41) is -0.316. The van der Waals surface area contributed by atoms with Crippen LogP contribution in [0.1, 0.15) is 47.8 Å².